The smallest absolute Gasteiger partial charge is 0.136 e. The van der Waals surface area contributed by atoms with Gasteiger partial charge in [0, 0.05) is 60.0 Å². The van der Waals surface area contributed by atoms with Crippen molar-refractivity contribution < 1.29 is 4.42 Å². The van der Waals surface area contributed by atoms with Crippen LogP contribution in [0.2, 0.25) is 0 Å². The van der Waals surface area contributed by atoms with Crippen molar-refractivity contribution in [3.8, 4) is 22.3 Å². The number of hydrogen-bond acceptors (Lipinski definition) is 1. The number of aromatic amines is 2. The maximum absolute atomic E-state index is 6.39. The van der Waals surface area contributed by atoms with Crippen LogP contribution in [0.5, 0.6) is 0 Å². The summed E-state index contributed by atoms with van der Waals surface area (Å²) in [6, 6.07) is 43.0. The second-order valence-electron chi connectivity index (χ2n) is 10.3. The van der Waals surface area contributed by atoms with Crippen LogP contribution >= 0.6 is 0 Å². The number of aromatic nitrogens is 2. The van der Waals surface area contributed by atoms with E-state index in [2.05, 4.69) is 125 Å². The van der Waals surface area contributed by atoms with Crippen molar-refractivity contribution in [2.24, 2.45) is 0 Å². The highest BCUT2D eigenvalue weighted by molar-refractivity contribution is 6.22. The lowest BCUT2D eigenvalue weighted by atomic mass is 9.89. The van der Waals surface area contributed by atoms with Crippen LogP contribution in [0.3, 0.4) is 0 Å². The molecule has 9 aromatic rings. The Morgan fingerprint density at radius 2 is 0.949 bits per heavy atom. The fourth-order valence-electron chi connectivity index (χ4n) is 6.50. The highest BCUT2D eigenvalue weighted by atomic mass is 16.3. The summed E-state index contributed by atoms with van der Waals surface area (Å²) in [4.78, 5) is 7.48. The molecule has 3 nitrogen and oxygen atoms in total. The van der Waals surface area contributed by atoms with E-state index in [0.29, 0.717) is 0 Å². The summed E-state index contributed by atoms with van der Waals surface area (Å²) in [6.07, 6.45) is 0. The van der Waals surface area contributed by atoms with Crippen molar-refractivity contribution in [1.29, 1.82) is 0 Å². The molecule has 0 unspecified atom stereocenters. The van der Waals surface area contributed by atoms with Crippen molar-refractivity contribution in [2.75, 3.05) is 0 Å². The van der Waals surface area contributed by atoms with Gasteiger partial charge in [0.1, 0.15) is 11.2 Å². The first-order chi connectivity index (χ1) is 19.3. The molecular weight excluding hydrogens is 476 g/mol. The minimum atomic E-state index is 0.895. The van der Waals surface area contributed by atoms with E-state index in [4.69, 9.17) is 4.42 Å². The van der Waals surface area contributed by atoms with Gasteiger partial charge in [-0.25, -0.2) is 0 Å². The van der Waals surface area contributed by atoms with Crippen LogP contribution < -0.4 is 0 Å². The summed E-state index contributed by atoms with van der Waals surface area (Å²) in [6.45, 7) is 0. The lowest BCUT2D eigenvalue weighted by molar-refractivity contribution is 0.669. The normalized spacial score (nSPS) is 12.1. The van der Waals surface area contributed by atoms with Crippen LogP contribution in [-0.2, 0) is 0 Å². The number of furan rings is 1. The molecule has 0 aliphatic heterocycles. The third kappa shape index (κ3) is 2.82. The second kappa shape index (κ2) is 7.62. The Bertz CT molecular complexity index is 2400. The summed E-state index contributed by atoms with van der Waals surface area (Å²) in [5.74, 6) is 0. The molecular formula is C36H22N2O. The summed E-state index contributed by atoms with van der Waals surface area (Å²) < 4.78 is 6.39. The van der Waals surface area contributed by atoms with Gasteiger partial charge in [-0.3, -0.25) is 0 Å². The molecule has 2 N–H and O–H groups in total. The van der Waals surface area contributed by atoms with Crippen LogP contribution in [0.1, 0.15) is 0 Å². The van der Waals surface area contributed by atoms with Crippen molar-refractivity contribution in [3.63, 3.8) is 0 Å². The van der Waals surface area contributed by atoms with E-state index in [1.54, 1.807) is 0 Å². The van der Waals surface area contributed by atoms with Gasteiger partial charge in [-0.05, 0) is 35.9 Å². The summed E-state index contributed by atoms with van der Waals surface area (Å²) in [5.41, 5.74) is 11.1. The van der Waals surface area contributed by atoms with Crippen molar-refractivity contribution >= 4 is 65.6 Å². The van der Waals surface area contributed by atoms with Crippen molar-refractivity contribution in [1.82, 2.24) is 9.97 Å². The maximum atomic E-state index is 6.39. The molecule has 0 radical (unpaired) electrons. The van der Waals surface area contributed by atoms with Crippen molar-refractivity contribution in [3.05, 3.63) is 121 Å². The zero-order valence-electron chi connectivity index (χ0n) is 21.0. The molecule has 0 aliphatic rings. The Labute approximate surface area is 223 Å². The predicted octanol–water partition coefficient (Wildman–Crippen LogP) is 10.2. The summed E-state index contributed by atoms with van der Waals surface area (Å²) in [5, 5.41) is 7.20. The van der Waals surface area contributed by atoms with Gasteiger partial charge in [0.15, 0.2) is 0 Å². The first-order valence-corrected chi connectivity index (χ1v) is 13.3. The number of nitrogens with one attached hydrogen (secondary N) is 2. The number of benzene rings is 6. The Balaban J connectivity index is 1.48. The molecule has 0 saturated carbocycles. The van der Waals surface area contributed by atoms with E-state index < -0.39 is 0 Å². The van der Waals surface area contributed by atoms with Gasteiger partial charge in [0.2, 0.25) is 0 Å². The Kier molecular flexibility index (Phi) is 4.05. The highest BCUT2D eigenvalue weighted by Crippen LogP contribution is 2.47. The molecule has 9 rings (SSSR count). The molecule has 3 heterocycles. The predicted molar refractivity (Wildman–Crippen MR) is 163 cm³/mol. The van der Waals surface area contributed by atoms with Gasteiger partial charge in [0.05, 0.1) is 11.0 Å². The number of para-hydroxylation sites is 5. The third-order valence-electron chi connectivity index (χ3n) is 8.19. The van der Waals surface area contributed by atoms with Crippen LogP contribution in [-0.4, -0.2) is 9.97 Å². The molecule has 0 atom stereocenters. The van der Waals surface area contributed by atoms with E-state index in [-0.39, 0.29) is 0 Å². The van der Waals surface area contributed by atoms with Gasteiger partial charge in [-0.1, -0.05) is 91.0 Å². The van der Waals surface area contributed by atoms with E-state index in [9.17, 15) is 0 Å². The van der Waals surface area contributed by atoms with Gasteiger partial charge < -0.3 is 14.4 Å². The van der Waals surface area contributed by atoms with E-state index in [0.717, 1.165) is 44.0 Å². The van der Waals surface area contributed by atoms with Crippen molar-refractivity contribution in [2.45, 2.75) is 0 Å². The molecule has 0 fully saturated rings. The van der Waals surface area contributed by atoms with Crippen LogP contribution in [0.15, 0.2) is 126 Å². The molecule has 0 spiro atoms. The average molecular weight is 499 g/mol. The SMILES string of the molecule is c1ccc2c(c1)[nH]c1c(-c3ccc4oc5ccccc5c4c3-c3cccc4c3[nH]c3ccccc34)cccc12. The molecule has 3 heteroatoms. The molecule has 3 aromatic heterocycles. The number of rotatable bonds is 2. The summed E-state index contributed by atoms with van der Waals surface area (Å²) in [7, 11) is 0. The van der Waals surface area contributed by atoms with Crippen LogP contribution in [0, 0.1) is 0 Å². The lowest BCUT2D eigenvalue weighted by Crippen LogP contribution is -1.89. The molecule has 0 bridgehead atoms. The van der Waals surface area contributed by atoms with Gasteiger partial charge in [-0.2, -0.15) is 0 Å². The Morgan fingerprint density at radius 3 is 1.67 bits per heavy atom. The zero-order valence-corrected chi connectivity index (χ0v) is 21.0. The highest BCUT2D eigenvalue weighted by Gasteiger charge is 2.22. The zero-order chi connectivity index (χ0) is 25.5. The maximum Gasteiger partial charge on any atom is 0.136 e. The molecule has 6 aromatic carbocycles. The van der Waals surface area contributed by atoms with Gasteiger partial charge >= 0.3 is 0 Å². The van der Waals surface area contributed by atoms with Crippen LogP contribution in [0.25, 0.3) is 87.8 Å². The molecule has 0 aliphatic carbocycles. The average Bonchev–Trinajstić information content (AvgIpc) is 3.68. The number of fused-ring (bicyclic) bond motifs is 9. The largest absolute Gasteiger partial charge is 0.456 e. The number of H-pyrrole nitrogens is 2. The van der Waals surface area contributed by atoms with E-state index in [1.807, 2.05) is 6.07 Å². The molecule has 0 saturated heterocycles. The quantitative estimate of drug-likeness (QED) is 0.245. The topological polar surface area (TPSA) is 44.7 Å². The van der Waals surface area contributed by atoms with Gasteiger partial charge in [0.25, 0.3) is 0 Å². The summed E-state index contributed by atoms with van der Waals surface area (Å²) >= 11 is 0. The molecule has 0 amide bonds. The standard InChI is InChI=1S/C36H22N2O/c1-4-16-29-21(9-1)24-12-7-14-26(35(24)37-29)23-19-20-32-34(27-11-3-6-18-31(27)39-32)33(23)28-15-8-13-25-22-10-2-5-17-30(22)38-36(25)28/h1-20,37-38H. The fourth-order valence-corrected chi connectivity index (χ4v) is 6.50. The number of hydrogen-bond donors (Lipinski definition) is 2. The second-order valence-corrected chi connectivity index (χ2v) is 10.3. The molecule has 39 heavy (non-hydrogen) atoms. The molecule has 182 valence electrons. The third-order valence-corrected chi connectivity index (χ3v) is 8.19. The van der Waals surface area contributed by atoms with E-state index >= 15 is 0 Å². The Hall–Kier alpha value is -5.28. The minimum Gasteiger partial charge on any atom is -0.456 e. The monoisotopic (exact) mass is 498 g/mol. The first kappa shape index (κ1) is 20.7. The van der Waals surface area contributed by atoms with Crippen LogP contribution in [0.4, 0.5) is 0 Å². The lowest BCUT2D eigenvalue weighted by Gasteiger charge is -2.14. The first-order valence-electron chi connectivity index (χ1n) is 13.3. The minimum absolute atomic E-state index is 0.895. The van der Waals surface area contributed by atoms with E-state index in [1.165, 1.54) is 43.8 Å². The Morgan fingerprint density at radius 1 is 0.385 bits per heavy atom. The van der Waals surface area contributed by atoms with Gasteiger partial charge in [-0.15, -0.1) is 0 Å². The fraction of sp³-hybridized carbons (Fsp3) is 0.